The molecule has 1 radical (unpaired) electrons. The first kappa shape index (κ1) is 19.7. The van der Waals surface area contributed by atoms with Crippen LogP contribution in [0.25, 0.3) is 11.0 Å². The van der Waals surface area contributed by atoms with E-state index < -0.39 is 5.60 Å². The zero-order valence-electron chi connectivity index (χ0n) is 16.4. The summed E-state index contributed by atoms with van der Waals surface area (Å²) < 4.78 is 16.8. The van der Waals surface area contributed by atoms with Gasteiger partial charge in [0.1, 0.15) is 11.9 Å². The van der Waals surface area contributed by atoms with E-state index in [9.17, 15) is 5.11 Å². The maximum Gasteiger partial charge on any atom is 0.184 e. The topological polar surface area (TPSA) is 85.7 Å². The number of hydrogen-bond acceptors (Lipinski definition) is 7. The minimum atomic E-state index is -0.828. The van der Waals surface area contributed by atoms with Crippen LogP contribution in [-0.4, -0.2) is 41.5 Å². The van der Waals surface area contributed by atoms with Gasteiger partial charge in [0.2, 0.25) is 0 Å². The third-order valence-corrected chi connectivity index (χ3v) is 4.09. The summed E-state index contributed by atoms with van der Waals surface area (Å²) >= 11 is 0. The molecule has 147 valence electrons. The van der Waals surface area contributed by atoms with Crippen molar-refractivity contribution in [1.29, 1.82) is 0 Å². The zero-order valence-corrected chi connectivity index (χ0v) is 16.4. The minimum absolute atomic E-state index is 0.313. The first-order valence-corrected chi connectivity index (χ1v) is 8.92. The van der Waals surface area contributed by atoms with Crippen molar-refractivity contribution < 1.29 is 19.3 Å². The molecule has 0 aliphatic carbocycles. The van der Waals surface area contributed by atoms with E-state index in [1.54, 1.807) is 40.2 Å². The van der Waals surface area contributed by atoms with Crippen molar-refractivity contribution in [3.63, 3.8) is 0 Å². The maximum absolute atomic E-state index is 9.94. The lowest BCUT2D eigenvalue weighted by Crippen LogP contribution is -2.22. The van der Waals surface area contributed by atoms with Crippen molar-refractivity contribution in [3.8, 4) is 17.2 Å². The van der Waals surface area contributed by atoms with E-state index >= 15 is 0 Å². The fourth-order valence-corrected chi connectivity index (χ4v) is 2.59. The van der Waals surface area contributed by atoms with E-state index in [4.69, 9.17) is 14.2 Å². The molecule has 1 aromatic heterocycles. The van der Waals surface area contributed by atoms with Crippen LogP contribution < -0.4 is 19.5 Å². The minimum Gasteiger partial charge on any atom is -0.497 e. The molecule has 0 amide bonds. The number of hydrogen-bond donors (Lipinski definition) is 2. The van der Waals surface area contributed by atoms with Gasteiger partial charge in [-0.1, -0.05) is 12.1 Å². The Morgan fingerprint density at radius 2 is 1.86 bits per heavy atom. The Morgan fingerprint density at radius 1 is 1.11 bits per heavy atom. The number of anilines is 2. The molecule has 28 heavy (non-hydrogen) atoms. The molecule has 0 aliphatic heterocycles. The van der Waals surface area contributed by atoms with Crippen LogP contribution in [0.3, 0.4) is 0 Å². The molecule has 0 saturated carbocycles. The Morgan fingerprint density at radius 3 is 2.54 bits per heavy atom. The van der Waals surface area contributed by atoms with Gasteiger partial charge in [0, 0.05) is 18.6 Å². The number of aliphatic hydroxyl groups is 1. The van der Waals surface area contributed by atoms with Crippen LogP contribution in [0.4, 0.5) is 11.5 Å². The van der Waals surface area contributed by atoms with E-state index in [-0.39, 0.29) is 0 Å². The van der Waals surface area contributed by atoms with E-state index in [2.05, 4.69) is 21.5 Å². The standard InChI is InChI=1S/C21H24N3O4/c1-21(2,25)9-10-28-20-17(11-14(26-3)12-18(20)27-4)24-19-13-22-15-7-5-6-8-16(15)23-19/h5-8,11-12,25H,9-10H2,1-4H3,(H,23,24). The number of benzene rings is 2. The average molecular weight is 382 g/mol. The molecule has 7 nitrogen and oxygen atoms in total. The molecule has 0 fully saturated rings. The molecule has 0 saturated heterocycles. The van der Waals surface area contributed by atoms with Gasteiger partial charge in [0.05, 0.1) is 43.1 Å². The summed E-state index contributed by atoms with van der Waals surface area (Å²) in [5, 5.41) is 13.1. The molecular weight excluding hydrogens is 358 g/mol. The number of rotatable bonds is 8. The van der Waals surface area contributed by atoms with E-state index in [0.717, 1.165) is 11.0 Å². The fraction of sp³-hybridized carbons (Fsp3) is 0.333. The second-order valence-electron chi connectivity index (χ2n) is 6.91. The number of nitrogens with zero attached hydrogens (tertiary/aromatic N) is 2. The highest BCUT2D eigenvalue weighted by Crippen LogP contribution is 2.41. The lowest BCUT2D eigenvalue weighted by atomic mass is 10.1. The monoisotopic (exact) mass is 382 g/mol. The molecular formula is C21H24N3O4. The molecule has 0 aliphatic rings. The van der Waals surface area contributed by atoms with Gasteiger partial charge in [-0.2, -0.15) is 0 Å². The Bertz CT molecular complexity index is 954. The third kappa shape index (κ3) is 4.80. The largest absolute Gasteiger partial charge is 0.497 e. The summed E-state index contributed by atoms with van der Waals surface area (Å²) in [5.41, 5.74) is 1.29. The summed E-state index contributed by atoms with van der Waals surface area (Å²) in [5.74, 6) is 2.05. The number of nitrogens with one attached hydrogen (secondary N) is 1. The van der Waals surface area contributed by atoms with Crippen LogP contribution in [0.5, 0.6) is 17.2 Å². The average Bonchev–Trinajstić information content (AvgIpc) is 2.67. The van der Waals surface area contributed by atoms with Crippen LogP contribution in [0, 0.1) is 6.20 Å². The second-order valence-corrected chi connectivity index (χ2v) is 6.91. The Labute approximate surface area is 164 Å². The predicted octanol–water partition coefficient (Wildman–Crippen LogP) is 3.73. The molecule has 0 atom stereocenters. The van der Waals surface area contributed by atoms with Crippen molar-refractivity contribution in [3.05, 3.63) is 42.6 Å². The van der Waals surface area contributed by atoms with E-state index in [1.165, 1.54) is 0 Å². The number of fused-ring (bicyclic) bond motifs is 1. The number of methoxy groups -OCH3 is 2. The van der Waals surface area contributed by atoms with Crippen molar-refractivity contribution in [2.75, 3.05) is 26.1 Å². The predicted molar refractivity (Wildman–Crippen MR) is 108 cm³/mol. The van der Waals surface area contributed by atoms with Crippen LogP contribution in [0.1, 0.15) is 20.3 Å². The first-order valence-electron chi connectivity index (χ1n) is 8.92. The maximum atomic E-state index is 9.94. The quantitative estimate of drug-likeness (QED) is 0.614. The molecule has 2 aromatic carbocycles. The molecule has 1 heterocycles. The van der Waals surface area contributed by atoms with Gasteiger partial charge >= 0.3 is 0 Å². The summed E-state index contributed by atoms with van der Waals surface area (Å²) in [6.07, 6.45) is 3.35. The Balaban J connectivity index is 1.94. The Hall–Kier alpha value is -3.06. The molecule has 3 rings (SSSR count). The van der Waals surface area contributed by atoms with Crippen molar-refractivity contribution in [1.82, 2.24) is 9.97 Å². The van der Waals surface area contributed by atoms with Crippen LogP contribution in [0.15, 0.2) is 36.4 Å². The van der Waals surface area contributed by atoms with Crippen molar-refractivity contribution >= 4 is 22.5 Å². The van der Waals surface area contributed by atoms with Crippen LogP contribution in [0.2, 0.25) is 0 Å². The highest BCUT2D eigenvalue weighted by Gasteiger charge is 2.18. The molecule has 0 spiro atoms. The highest BCUT2D eigenvalue weighted by molar-refractivity contribution is 5.77. The normalized spacial score (nSPS) is 11.3. The van der Waals surface area contributed by atoms with Gasteiger partial charge in [-0.3, -0.25) is 0 Å². The molecule has 0 bridgehead atoms. The fourth-order valence-electron chi connectivity index (χ4n) is 2.59. The van der Waals surface area contributed by atoms with Crippen molar-refractivity contribution in [2.24, 2.45) is 0 Å². The lowest BCUT2D eigenvalue weighted by molar-refractivity contribution is 0.0550. The van der Waals surface area contributed by atoms with Gasteiger partial charge in [0.15, 0.2) is 17.3 Å². The number of para-hydroxylation sites is 2. The number of aromatic nitrogens is 2. The molecule has 2 N–H and O–H groups in total. The van der Waals surface area contributed by atoms with Crippen LogP contribution in [-0.2, 0) is 0 Å². The van der Waals surface area contributed by atoms with E-state index in [0.29, 0.717) is 41.8 Å². The van der Waals surface area contributed by atoms with Gasteiger partial charge in [-0.05, 0) is 26.0 Å². The molecule has 7 heteroatoms. The third-order valence-electron chi connectivity index (χ3n) is 4.09. The smallest absolute Gasteiger partial charge is 0.184 e. The second kappa shape index (κ2) is 8.31. The zero-order chi connectivity index (χ0) is 20.1. The first-order chi connectivity index (χ1) is 13.4. The summed E-state index contributed by atoms with van der Waals surface area (Å²) in [6, 6.07) is 11.1. The molecule has 3 aromatic rings. The highest BCUT2D eigenvalue weighted by atomic mass is 16.5. The summed E-state index contributed by atoms with van der Waals surface area (Å²) in [4.78, 5) is 8.84. The van der Waals surface area contributed by atoms with Gasteiger partial charge in [-0.15, -0.1) is 0 Å². The van der Waals surface area contributed by atoms with Crippen molar-refractivity contribution in [2.45, 2.75) is 25.9 Å². The Kier molecular flexibility index (Phi) is 5.84. The lowest BCUT2D eigenvalue weighted by Gasteiger charge is -2.20. The van der Waals surface area contributed by atoms with E-state index in [1.807, 2.05) is 24.3 Å². The van der Waals surface area contributed by atoms with Gasteiger partial charge in [-0.25, -0.2) is 9.97 Å². The summed E-state index contributed by atoms with van der Waals surface area (Å²) in [6.45, 7) is 3.79. The summed E-state index contributed by atoms with van der Waals surface area (Å²) in [7, 11) is 3.14. The number of ether oxygens (including phenoxy) is 3. The van der Waals surface area contributed by atoms with Gasteiger partial charge < -0.3 is 24.6 Å². The van der Waals surface area contributed by atoms with Gasteiger partial charge in [0.25, 0.3) is 0 Å². The SMILES string of the molecule is COc1cc(Nc2[c]nc3ccccc3n2)c(OCCC(C)(C)O)c(OC)c1. The van der Waals surface area contributed by atoms with Crippen LogP contribution >= 0.6 is 0 Å². The molecule has 0 unspecified atom stereocenters.